The van der Waals surface area contributed by atoms with Crippen LogP contribution in [-0.4, -0.2) is 22.5 Å². The molecule has 0 aromatic carbocycles. The van der Waals surface area contributed by atoms with Crippen molar-refractivity contribution >= 4 is 21.8 Å². The summed E-state index contributed by atoms with van der Waals surface area (Å²) in [5, 5.41) is 2.82. The Kier molecular flexibility index (Phi) is 5.06. The van der Waals surface area contributed by atoms with Gasteiger partial charge in [-0.25, -0.2) is 4.98 Å². The number of nitrogens with one attached hydrogen (secondary N) is 1. The molecule has 20 heavy (non-hydrogen) atoms. The quantitative estimate of drug-likeness (QED) is 0.911. The van der Waals surface area contributed by atoms with Crippen LogP contribution in [0.15, 0.2) is 41.3 Å². The van der Waals surface area contributed by atoms with Crippen LogP contribution in [0.3, 0.4) is 0 Å². The molecule has 6 heteroatoms. The first-order valence-electron chi connectivity index (χ1n) is 6.16. The molecular weight excluding hydrogens is 322 g/mol. The molecule has 0 radical (unpaired) electrons. The highest BCUT2D eigenvalue weighted by molar-refractivity contribution is 9.10. The number of carbonyl (C=O) groups is 1. The lowest BCUT2D eigenvalue weighted by Gasteiger charge is -2.09. The molecule has 0 bridgehead atoms. The zero-order valence-corrected chi connectivity index (χ0v) is 12.6. The van der Waals surface area contributed by atoms with Gasteiger partial charge in [-0.1, -0.05) is 6.07 Å². The van der Waals surface area contributed by atoms with Crippen LogP contribution in [0.1, 0.15) is 22.8 Å². The van der Waals surface area contributed by atoms with Crippen LogP contribution in [0.4, 0.5) is 0 Å². The van der Waals surface area contributed by atoms with Crippen LogP contribution in [0.2, 0.25) is 0 Å². The maximum absolute atomic E-state index is 12.0. The number of rotatable bonds is 5. The van der Waals surface area contributed by atoms with Crippen molar-refractivity contribution in [3.05, 3.63) is 52.4 Å². The summed E-state index contributed by atoms with van der Waals surface area (Å²) >= 11 is 3.29. The lowest BCUT2D eigenvalue weighted by atomic mass is 10.2. The topological polar surface area (TPSA) is 64.1 Å². The molecule has 0 aliphatic heterocycles. The second kappa shape index (κ2) is 7.00. The highest BCUT2D eigenvalue weighted by Gasteiger charge is 2.09. The lowest BCUT2D eigenvalue weighted by molar-refractivity contribution is 0.0950. The molecule has 1 N–H and O–H groups in total. The zero-order chi connectivity index (χ0) is 14.4. The molecule has 0 spiro atoms. The molecule has 0 unspecified atom stereocenters. The maximum atomic E-state index is 12.0. The van der Waals surface area contributed by atoms with Gasteiger partial charge in [0.2, 0.25) is 5.88 Å². The van der Waals surface area contributed by atoms with Gasteiger partial charge in [-0.15, -0.1) is 0 Å². The van der Waals surface area contributed by atoms with Crippen molar-refractivity contribution in [3.63, 3.8) is 0 Å². The molecule has 0 fully saturated rings. The van der Waals surface area contributed by atoms with Crippen LogP contribution >= 0.6 is 15.9 Å². The lowest BCUT2D eigenvalue weighted by Crippen LogP contribution is -2.23. The first-order chi connectivity index (χ1) is 9.70. The van der Waals surface area contributed by atoms with Gasteiger partial charge in [-0.05, 0) is 35.0 Å². The number of carbonyl (C=O) groups excluding carboxylic acids is 1. The minimum atomic E-state index is -0.190. The van der Waals surface area contributed by atoms with E-state index >= 15 is 0 Å². The largest absolute Gasteiger partial charge is 0.478 e. The number of nitrogens with zero attached hydrogens (tertiary/aromatic N) is 2. The molecule has 5 nitrogen and oxygen atoms in total. The number of hydrogen-bond donors (Lipinski definition) is 1. The molecule has 0 aliphatic rings. The molecule has 0 atom stereocenters. The number of amides is 1. The van der Waals surface area contributed by atoms with Crippen LogP contribution in [0.5, 0.6) is 5.88 Å². The zero-order valence-electron chi connectivity index (χ0n) is 11.0. The fourth-order valence-corrected chi connectivity index (χ4v) is 2.00. The Morgan fingerprint density at radius 3 is 3.05 bits per heavy atom. The van der Waals surface area contributed by atoms with Crippen molar-refractivity contribution in [2.45, 2.75) is 13.5 Å². The first-order valence-corrected chi connectivity index (χ1v) is 6.95. The monoisotopic (exact) mass is 335 g/mol. The Balaban J connectivity index is 2.03. The molecule has 0 aliphatic carbocycles. The molecule has 0 saturated carbocycles. The Hall–Kier alpha value is -1.95. The summed E-state index contributed by atoms with van der Waals surface area (Å²) in [7, 11) is 0. The number of ether oxygens (including phenoxy) is 1. The van der Waals surface area contributed by atoms with E-state index in [0.717, 1.165) is 10.0 Å². The second-order valence-corrected chi connectivity index (χ2v) is 4.89. The highest BCUT2D eigenvalue weighted by Crippen LogP contribution is 2.14. The van der Waals surface area contributed by atoms with E-state index in [2.05, 4.69) is 31.2 Å². The van der Waals surface area contributed by atoms with Crippen LogP contribution < -0.4 is 10.1 Å². The molecule has 0 saturated heterocycles. The average molecular weight is 336 g/mol. The van der Waals surface area contributed by atoms with E-state index < -0.39 is 0 Å². The number of halogens is 1. The predicted molar refractivity (Wildman–Crippen MR) is 78.5 cm³/mol. The van der Waals surface area contributed by atoms with Gasteiger partial charge in [-0.2, -0.15) is 0 Å². The van der Waals surface area contributed by atoms with Gasteiger partial charge < -0.3 is 10.1 Å². The van der Waals surface area contributed by atoms with Gasteiger partial charge in [0.1, 0.15) is 0 Å². The summed E-state index contributed by atoms with van der Waals surface area (Å²) in [6.45, 7) is 2.78. The molecule has 2 rings (SSSR count). The van der Waals surface area contributed by atoms with Crippen LogP contribution in [-0.2, 0) is 6.54 Å². The number of hydrogen-bond acceptors (Lipinski definition) is 4. The van der Waals surface area contributed by atoms with Crippen molar-refractivity contribution in [2.75, 3.05) is 6.61 Å². The Bertz CT molecular complexity index is 604. The average Bonchev–Trinajstić information content (AvgIpc) is 2.46. The van der Waals surface area contributed by atoms with E-state index in [0.29, 0.717) is 24.6 Å². The first kappa shape index (κ1) is 14.5. The summed E-state index contributed by atoms with van der Waals surface area (Å²) in [4.78, 5) is 20.1. The van der Waals surface area contributed by atoms with Gasteiger partial charge in [-0.3, -0.25) is 9.78 Å². The predicted octanol–water partition coefficient (Wildman–Crippen LogP) is 2.57. The molecule has 2 aromatic rings. The molecule has 2 heterocycles. The van der Waals surface area contributed by atoms with Crippen molar-refractivity contribution in [2.24, 2.45) is 0 Å². The normalized spacial score (nSPS) is 10.1. The van der Waals surface area contributed by atoms with Crippen molar-refractivity contribution in [3.8, 4) is 5.88 Å². The second-order valence-electron chi connectivity index (χ2n) is 3.98. The molecular formula is C14H14BrN3O2. The Morgan fingerprint density at radius 2 is 2.30 bits per heavy atom. The van der Waals surface area contributed by atoms with Gasteiger partial charge >= 0.3 is 0 Å². The highest BCUT2D eigenvalue weighted by atomic mass is 79.9. The van der Waals surface area contributed by atoms with E-state index in [1.54, 1.807) is 18.5 Å². The Labute approximate surface area is 125 Å². The fraction of sp³-hybridized carbons (Fsp3) is 0.214. The van der Waals surface area contributed by atoms with E-state index in [-0.39, 0.29) is 5.91 Å². The summed E-state index contributed by atoms with van der Waals surface area (Å²) < 4.78 is 6.18. The van der Waals surface area contributed by atoms with Crippen molar-refractivity contribution in [1.29, 1.82) is 0 Å². The van der Waals surface area contributed by atoms with Crippen LogP contribution in [0.25, 0.3) is 0 Å². The van der Waals surface area contributed by atoms with Gasteiger partial charge in [0.15, 0.2) is 0 Å². The fourth-order valence-electron chi connectivity index (χ4n) is 1.64. The number of pyridine rings is 2. The number of aromatic nitrogens is 2. The van der Waals surface area contributed by atoms with E-state index in [1.807, 2.05) is 19.1 Å². The van der Waals surface area contributed by atoms with Gasteiger partial charge in [0.25, 0.3) is 5.91 Å². The van der Waals surface area contributed by atoms with E-state index in [9.17, 15) is 4.79 Å². The SMILES string of the molecule is CCOc1ncccc1CNC(=O)c1cncc(Br)c1. The van der Waals surface area contributed by atoms with E-state index in [4.69, 9.17) is 4.74 Å². The maximum Gasteiger partial charge on any atom is 0.253 e. The summed E-state index contributed by atoms with van der Waals surface area (Å²) in [5.74, 6) is 0.354. The molecule has 1 amide bonds. The van der Waals surface area contributed by atoms with Gasteiger partial charge in [0.05, 0.1) is 12.2 Å². The summed E-state index contributed by atoms with van der Waals surface area (Å²) in [6, 6.07) is 5.40. The van der Waals surface area contributed by atoms with E-state index in [1.165, 1.54) is 6.20 Å². The van der Waals surface area contributed by atoms with Crippen LogP contribution in [0, 0.1) is 0 Å². The van der Waals surface area contributed by atoms with Gasteiger partial charge in [0, 0.05) is 35.2 Å². The third-order valence-corrected chi connectivity index (χ3v) is 2.97. The minimum absolute atomic E-state index is 0.190. The Morgan fingerprint density at radius 1 is 1.45 bits per heavy atom. The summed E-state index contributed by atoms with van der Waals surface area (Å²) in [6.07, 6.45) is 4.81. The van der Waals surface area contributed by atoms with Crippen molar-refractivity contribution in [1.82, 2.24) is 15.3 Å². The summed E-state index contributed by atoms with van der Waals surface area (Å²) in [5.41, 5.74) is 1.34. The third-order valence-electron chi connectivity index (χ3n) is 2.54. The third kappa shape index (κ3) is 3.77. The minimum Gasteiger partial charge on any atom is -0.478 e. The molecule has 2 aromatic heterocycles. The van der Waals surface area contributed by atoms with Crippen molar-refractivity contribution < 1.29 is 9.53 Å². The standard InChI is InChI=1S/C14H14BrN3O2/c1-2-20-14-10(4-3-5-17-14)8-18-13(19)11-6-12(15)9-16-7-11/h3-7,9H,2,8H2,1H3,(H,18,19). The smallest absolute Gasteiger partial charge is 0.253 e. The molecule has 104 valence electrons.